The fraction of sp³-hybridized carbons (Fsp3) is 0.400. The van der Waals surface area contributed by atoms with Crippen LogP contribution >= 0.6 is 0 Å². The molecule has 0 N–H and O–H groups in total. The zero-order valence-corrected chi connectivity index (χ0v) is 11.5. The summed E-state index contributed by atoms with van der Waals surface area (Å²) in [7, 11) is 0. The number of carbonyl (C=O) groups excluding carboxylic acids is 1. The van der Waals surface area contributed by atoms with Crippen LogP contribution in [0.3, 0.4) is 0 Å². The van der Waals surface area contributed by atoms with Crippen LogP contribution in [0.25, 0.3) is 0 Å². The van der Waals surface area contributed by atoms with Crippen LogP contribution in [-0.2, 0) is 13.0 Å². The van der Waals surface area contributed by atoms with E-state index in [0.29, 0.717) is 12.2 Å². The molecule has 0 aliphatic heterocycles. The Bertz CT molecular complexity index is 543. The first-order chi connectivity index (χ1) is 9.20. The molecule has 0 aliphatic carbocycles. The second kappa shape index (κ2) is 6.27. The van der Waals surface area contributed by atoms with Crippen LogP contribution in [0.1, 0.15) is 41.5 Å². The summed E-state index contributed by atoms with van der Waals surface area (Å²) in [5, 5.41) is 4.08. The zero-order valence-electron chi connectivity index (χ0n) is 11.5. The van der Waals surface area contributed by atoms with Gasteiger partial charge >= 0.3 is 0 Å². The number of ketones is 1. The lowest BCUT2D eigenvalue weighted by atomic mass is 10.1. The molecule has 0 fully saturated rings. The highest BCUT2D eigenvalue weighted by Crippen LogP contribution is 2.08. The van der Waals surface area contributed by atoms with E-state index in [1.165, 1.54) is 17.5 Å². The maximum absolute atomic E-state index is 12.1. The number of hydrogen-bond acceptors (Lipinski definition) is 3. The van der Waals surface area contributed by atoms with Gasteiger partial charge in [0, 0.05) is 13.0 Å². The summed E-state index contributed by atoms with van der Waals surface area (Å²) >= 11 is 0. The molecule has 0 saturated carbocycles. The molecule has 0 radical (unpaired) electrons. The Morgan fingerprint density at radius 1 is 1.26 bits per heavy atom. The van der Waals surface area contributed by atoms with Crippen molar-refractivity contribution in [1.82, 2.24) is 14.8 Å². The summed E-state index contributed by atoms with van der Waals surface area (Å²) in [4.78, 5) is 16.2. The Kier molecular flexibility index (Phi) is 4.44. The molecular formula is C15H19N3O. The number of benzene rings is 1. The van der Waals surface area contributed by atoms with E-state index in [1.54, 1.807) is 4.68 Å². The highest BCUT2D eigenvalue weighted by Gasteiger charge is 2.13. The number of carbonyl (C=O) groups is 1. The van der Waals surface area contributed by atoms with E-state index < -0.39 is 0 Å². The van der Waals surface area contributed by atoms with Crippen LogP contribution in [0, 0.1) is 6.92 Å². The molecule has 4 nitrogen and oxygen atoms in total. The standard InChI is InChI=1S/C15H19N3O/c1-3-10-18-15(16-11-17-18)14(19)9-8-13-6-4-12(2)5-7-13/h4-7,11H,3,8-10H2,1-2H3. The first-order valence-electron chi connectivity index (χ1n) is 6.67. The lowest BCUT2D eigenvalue weighted by Crippen LogP contribution is -2.12. The van der Waals surface area contributed by atoms with Crippen molar-refractivity contribution in [2.75, 3.05) is 0 Å². The van der Waals surface area contributed by atoms with Crippen molar-refractivity contribution in [3.05, 3.63) is 47.5 Å². The Labute approximate surface area is 113 Å². The van der Waals surface area contributed by atoms with Crippen LogP contribution < -0.4 is 0 Å². The number of rotatable bonds is 6. The predicted molar refractivity (Wildman–Crippen MR) is 74.1 cm³/mol. The van der Waals surface area contributed by atoms with Crippen molar-refractivity contribution in [3.63, 3.8) is 0 Å². The minimum absolute atomic E-state index is 0.0616. The average Bonchev–Trinajstić information content (AvgIpc) is 2.86. The van der Waals surface area contributed by atoms with Crippen molar-refractivity contribution in [2.45, 2.75) is 39.7 Å². The van der Waals surface area contributed by atoms with Crippen molar-refractivity contribution < 1.29 is 4.79 Å². The second-order valence-electron chi connectivity index (χ2n) is 4.72. The summed E-state index contributed by atoms with van der Waals surface area (Å²) < 4.78 is 1.69. The monoisotopic (exact) mass is 257 g/mol. The van der Waals surface area contributed by atoms with E-state index >= 15 is 0 Å². The maximum Gasteiger partial charge on any atom is 0.200 e. The summed E-state index contributed by atoms with van der Waals surface area (Å²) in [5.41, 5.74) is 2.42. The Hall–Kier alpha value is -1.97. The molecule has 19 heavy (non-hydrogen) atoms. The average molecular weight is 257 g/mol. The molecule has 2 aromatic rings. The number of aryl methyl sites for hydroxylation is 3. The van der Waals surface area contributed by atoms with Gasteiger partial charge in [-0.2, -0.15) is 5.10 Å². The van der Waals surface area contributed by atoms with Gasteiger partial charge in [-0.15, -0.1) is 0 Å². The molecule has 1 aromatic carbocycles. The molecular weight excluding hydrogens is 238 g/mol. The van der Waals surface area contributed by atoms with E-state index in [0.717, 1.165) is 19.4 Å². The fourth-order valence-electron chi connectivity index (χ4n) is 1.98. The molecule has 1 aromatic heterocycles. The fourth-order valence-corrected chi connectivity index (χ4v) is 1.98. The van der Waals surface area contributed by atoms with Crippen molar-refractivity contribution >= 4 is 5.78 Å². The lowest BCUT2D eigenvalue weighted by molar-refractivity contribution is 0.0967. The minimum atomic E-state index is 0.0616. The third kappa shape index (κ3) is 3.50. The maximum atomic E-state index is 12.1. The first kappa shape index (κ1) is 13.5. The smallest absolute Gasteiger partial charge is 0.200 e. The second-order valence-corrected chi connectivity index (χ2v) is 4.72. The Morgan fingerprint density at radius 3 is 2.68 bits per heavy atom. The molecule has 0 aliphatic rings. The van der Waals surface area contributed by atoms with Gasteiger partial charge in [-0.25, -0.2) is 9.67 Å². The summed E-state index contributed by atoms with van der Waals surface area (Å²) in [5.74, 6) is 0.542. The van der Waals surface area contributed by atoms with E-state index in [9.17, 15) is 4.79 Å². The highest BCUT2D eigenvalue weighted by atomic mass is 16.1. The minimum Gasteiger partial charge on any atom is -0.291 e. The lowest BCUT2D eigenvalue weighted by Gasteiger charge is -2.04. The van der Waals surface area contributed by atoms with Crippen LogP contribution in [0.15, 0.2) is 30.6 Å². The predicted octanol–water partition coefficient (Wildman–Crippen LogP) is 2.81. The summed E-state index contributed by atoms with van der Waals surface area (Å²) in [6.45, 7) is 4.86. The largest absolute Gasteiger partial charge is 0.291 e. The van der Waals surface area contributed by atoms with Gasteiger partial charge in [-0.3, -0.25) is 4.79 Å². The molecule has 0 amide bonds. The van der Waals surface area contributed by atoms with Crippen LogP contribution in [0.4, 0.5) is 0 Å². The molecule has 0 spiro atoms. The highest BCUT2D eigenvalue weighted by molar-refractivity contribution is 5.92. The van der Waals surface area contributed by atoms with Gasteiger partial charge in [-0.1, -0.05) is 36.8 Å². The number of hydrogen-bond donors (Lipinski definition) is 0. The van der Waals surface area contributed by atoms with E-state index in [1.807, 2.05) is 0 Å². The van der Waals surface area contributed by atoms with Crippen molar-refractivity contribution in [3.8, 4) is 0 Å². The Morgan fingerprint density at radius 2 is 2.00 bits per heavy atom. The number of Topliss-reactive ketones (excluding diaryl/α,β-unsaturated/α-hetero) is 1. The van der Waals surface area contributed by atoms with E-state index in [4.69, 9.17) is 0 Å². The summed E-state index contributed by atoms with van der Waals surface area (Å²) in [6, 6.07) is 8.28. The molecule has 0 atom stereocenters. The molecule has 0 bridgehead atoms. The quantitative estimate of drug-likeness (QED) is 0.748. The molecule has 0 unspecified atom stereocenters. The SMILES string of the molecule is CCCn1ncnc1C(=O)CCc1ccc(C)cc1. The summed E-state index contributed by atoms with van der Waals surface area (Å²) in [6.07, 6.45) is 3.62. The van der Waals surface area contributed by atoms with Gasteiger partial charge in [0.15, 0.2) is 11.6 Å². The van der Waals surface area contributed by atoms with Gasteiger partial charge in [0.1, 0.15) is 6.33 Å². The third-order valence-electron chi connectivity index (χ3n) is 3.06. The molecule has 4 heteroatoms. The Balaban J connectivity index is 1.97. The van der Waals surface area contributed by atoms with Crippen LogP contribution in [0.5, 0.6) is 0 Å². The topological polar surface area (TPSA) is 47.8 Å². The number of nitrogens with zero attached hydrogens (tertiary/aromatic N) is 3. The van der Waals surface area contributed by atoms with E-state index in [-0.39, 0.29) is 5.78 Å². The van der Waals surface area contributed by atoms with Gasteiger partial charge in [-0.05, 0) is 25.3 Å². The van der Waals surface area contributed by atoms with Gasteiger partial charge in [0.2, 0.25) is 0 Å². The molecule has 0 saturated heterocycles. The van der Waals surface area contributed by atoms with Crippen molar-refractivity contribution in [1.29, 1.82) is 0 Å². The molecule has 2 rings (SSSR count). The number of aromatic nitrogens is 3. The third-order valence-corrected chi connectivity index (χ3v) is 3.06. The van der Waals surface area contributed by atoms with Gasteiger partial charge in [0.05, 0.1) is 0 Å². The van der Waals surface area contributed by atoms with Crippen LogP contribution in [-0.4, -0.2) is 20.5 Å². The van der Waals surface area contributed by atoms with Gasteiger partial charge < -0.3 is 0 Å². The van der Waals surface area contributed by atoms with Crippen molar-refractivity contribution in [2.24, 2.45) is 0 Å². The molecule has 100 valence electrons. The first-order valence-corrected chi connectivity index (χ1v) is 6.67. The normalized spacial score (nSPS) is 10.6. The van der Waals surface area contributed by atoms with E-state index in [2.05, 4.69) is 48.2 Å². The van der Waals surface area contributed by atoms with Gasteiger partial charge in [0.25, 0.3) is 0 Å². The molecule has 1 heterocycles. The zero-order chi connectivity index (χ0) is 13.7. The van der Waals surface area contributed by atoms with Crippen LogP contribution in [0.2, 0.25) is 0 Å².